The van der Waals surface area contributed by atoms with Crippen molar-refractivity contribution in [3.8, 4) is 5.75 Å². The molecule has 0 atom stereocenters. The zero-order valence-corrected chi connectivity index (χ0v) is 11.9. The fourth-order valence-electron chi connectivity index (χ4n) is 2.32. The molecule has 0 aliphatic heterocycles. The van der Waals surface area contributed by atoms with Crippen molar-refractivity contribution < 1.29 is 4.74 Å². The van der Waals surface area contributed by atoms with Crippen LogP contribution in [-0.2, 0) is 0 Å². The Morgan fingerprint density at radius 2 is 1.58 bits per heavy atom. The lowest BCUT2D eigenvalue weighted by atomic mass is 10.1. The van der Waals surface area contributed by atoms with Crippen LogP contribution in [0.3, 0.4) is 0 Å². The lowest BCUT2D eigenvalue weighted by Gasteiger charge is -2.14. The van der Waals surface area contributed by atoms with Gasteiger partial charge in [-0.3, -0.25) is 0 Å². The van der Waals surface area contributed by atoms with E-state index in [4.69, 9.17) is 4.74 Å². The molecule has 0 aliphatic carbocycles. The van der Waals surface area contributed by atoms with Gasteiger partial charge in [0, 0.05) is 12.2 Å². The maximum absolute atomic E-state index is 5.67. The maximum Gasteiger partial charge on any atom is 0.119 e. The summed E-state index contributed by atoms with van der Waals surface area (Å²) in [7, 11) is 0. The standard InChI is InChI=1S/C17H21NO/c1-13-11-14(2)17(15(3)12-13)18-9-10-19-16-7-5-4-6-8-16/h4-8,11-12,18H,9-10H2,1-3H3. The first-order valence-corrected chi connectivity index (χ1v) is 6.66. The molecule has 0 saturated carbocycles. The molecule has 0 spiro atoms. The summed E-state index contributed by atoms with van der Waals surface area (Å²) in [6, 6.07) is 14.3. The Kier molecular flexibility index (Phi) is 4.45. The van der Waals surface area contributed by atoms with E-state index >= 15 is 0 Å². The minimum absolute atomic E-state index is 0.663. The van der Waals surface area contributed by atoms with Crippen molar-refractivity contribution in [2.24, 2.45) is 0 Å². The molecular weight excluding hydrogens is 234 g/mol. The van der Waals surface area contributed by atoms with Gasteiger partial charge in [-0.05, 0) is 44.0 Å². The highest BCUT2D eigenvalue weighted by Crippen LogP contribution is 2.21. The van der Waals surface area contributed by atoms with Gasteiger partial charge in [-0.25, -0.2) is 0 Å². The molecule has 19 heavy (non-hydrogen) atoms. The molecule has 2 aromatic carbocycles. The van der Waals surface area contributed by atoms with E-state index in [9.17, 15) is 0 Å². The molecule has 0 radical (unpaired) electrons. The molecule has 2 rings (SSSR count). The molecule has 0 saturated heterocycles. The van der Waals surface area contributed by atoms with Crippen molar-refractivity contribution >= 4 is 5.69 Å². The second-order valence-electron chi connectivity index (χ2n) is 4.86. The Balaban J connectivity index is 1.86. The minimum atomic E-state index is 0.663. The zero-order valence-electron chi connectivity index (χ0n) is 11.9. The van der Waals surface area contributed by atoms with E-state index in [1.807, 2.05) is 30.3 Å². The Morgan fingerprint density at radius 3 is 2.21 bits per heavy atom. The van der Waals surface area contributed by atoms with E-state index in [0.29, 0.717) is 6.61 Å². The molecule has 2 nitrogen and oxygen atoms in total. The smallest absolute Gasteiger partial charge is 0.119 e. The summed E-state index contributed by atoms with van der Waals surface area (Å²) < 4.78 is 5.67. The highest BCUT2D eigenvalue weighted by Gasteiger charge is 2.02. The molecule has 2 aromatic rings. The molecule has 2 heteroatoms. The summed E-state index contributed by atoms with van der Waals surface area (Å²) in [4.78, 5) is 0. The van der Waals surface area contributed by atoms with Gasteiger partial charge in [0.25, 0.3) is 0 Å². The fourth-order valence-corrected chi connectivity index (χ4v) is 2.32. The molecule has 1 N–H and O–H groups in total. The van der Waals surface area contributed by atoms with Crippen molar-refractivity contribution in [3.05, 3.63) is 59.2 Å². The van der Waals surface area contributed by atoms with E-state index in [1.165, 1.54) is 22.4 Å². The SMILES string of the molecule is Cc1cc(C)c(NCCOc2ccccc2)c(C)c1. The van der Waals surface area contributed by atoms with Gasteiger partial charge >= 0.3 is 0 Å². The number of ether oxygens (including phenoxy) is 1. The molecule has 0 heterocycles. The van der Waals surface area contributed by atoms with Crippen LogP contribution in [-0.4, -0.2) is 13.2 Å². The van der Waals surface area contributed by atoms with Gasteiger partial charge in [0.05, 0.1) is 0 Å². The van der Waals surface area contributed by atoms with Crippen LogP contribution in [0.1, 0.15) is 16.7 Å². The van der Waals surface area contributed by atoms with Crippen LogP contribution < -0.4 is 10.1 Å². The predicted molar refractivity (Wildman–Crippen MR) is 81.1 cm³/mol. The summed E-state index contributed by atoms with van der Waals surface area (Å²) in [5.41, 5.74) is 5.11. The van der Waals surface area contributed by atoms with Crippen molar-refractivity contribution in [1.82, 2.24) is 0 Å². The molecule has 100 valence electrons. The first-order chi connectivity index (χ1) is 9.16. The zero-order chi connectivity index (χ0) is 13.7. The number of benzene rings is 2. The first-order valence-electron chi connectivity index (χ1n) is 6.66. The third-order valence-electron chi connectivity index (χ3n) is 3.09. The largest absolute Gasteiger partial charge is 0.492 e. The molecule has 0 fully saturated rings. The Labute approximate surface area is 115 Å². The number of hydrogen-bond donors (Lipinski definition) is 1. The molecule has 0 aromatic heterocycles. The summed E-state index contributed by atoms with van der Waals surface area (Å²) in [5, 5.41) is 3.45. The third-order valence-corrected chi connectivity index (χ3v) is 3.09. The van der Waals surface area contributed by atoms with Gasteiger partial charge in [-0.1, -0.05) is 35.9 Å². The number of rotatable bonds is 5. The first kappa shape index (κ1) is 13.5. The van der Waals surface area contributed by atoms with Crippen molar-refractivity contribution in [2.75, 3.05) is 18.5 Å². The van der Waals surface area contributed by atoms with Gasteiger partial charge in [0.15, 0.2) is 0 Å². The lowest BCUT2D eigenvalue weighted by Crippen LogP contribution is -2.13. The molecular formula is C17H21NO. The quantitative estimate of drug-likeness (QED) is 0.812. The molecule has 0 bridgehead atoms. The van der Waals surface area contributed by atoms with Gasteiger partial charge in [0.2, 0.25) is 0 Å². The molecule has 0 aliphatic rings. The summed E-state index contributed by atoms with van der Waals surface area (Å²) in [6.07, 6.45) is 0. The number of aryl methyl sites for hydroxylation is 3. The third kappa shape index (κ3) is 3.75. The number of para-hydroxylation sites is 1. The van der Waals surface area contributed by atoms with Crippen LogP contribution in [0.2, 0.25) is 0 Å². The second kappa shape index (κ2) is 6.28. The van der Waals surface area contributed by atoms with Gasteiger partial charge in [-0.2, -0.15) is 0 Å². The van der Waals surface area contributed by atoms with Gasteiger partial charge in [-0.15, -0.1) is 0 Å². The lowest BCUT2D eigenvalue weighted by molar-refractivity contribution is 0.333. The van der Waals surface area contributed by atoms with Crippen LogP contribution in [0, 0.1) is 20.8 Å². The Morgan fingerprint density at radius 1 is 0.947 bits per heavy atom. The number of anilines is 1. The van der Waals surface area contributed by atoms with Crippen LogP contribution in [0.4, 0.5) is 5.69 Å². The van der Waals surface area contributed by atoms with Crippen LogP contribution in [0.25, 0.3) is 0 Å². The number of hydrogen-bond acceptors (Lipinski definition) is 2. The van der Waals surface area contributed by atoms with Gasteiger partial charge in [0.1, 0.15) is 12.4 Å². The highest BCUT2D eigenvalue weighted by molar-refractivity contribution is 5.58. The topological polar surface area (TPSA) is 21.3 Å². The van der Waals surface area contributed by atoms with Crippen molar-refractivity contribution in [1.29, 1.82) is 0 Å². The van der Waals surface area contributed by atoms with E-state index in [2.05, 4.69) is 38.2 Å². The summed E-state index contributed by atoms with van der Waals surface area (Å²) in [6.45, 7) is 7.87. The summed E-state index contributed by atoms with van der Waals surface area (Å²) >= 11 is 0. The van der Waals surface area contributed by atoms with Gasteiger partial charge < -0.3 is 10.1 Å². The van der Waals surface area contributed by atoms with E-state index in [-0.39, 0.29) is 0 Å². The number of nitrogens with one attached hydrogen (secondary N) is 1. The second-order valence-corrected chi connectivity index (χ2v) is 4.86. The van der Waals surface area contributed by atoms with E-state index in [1.54, 1.807) is 0 Å². The molecule has 0 amide bonds. The average molecular weight is 255 g/mol. The normalized spacial score (nSPS) is 10.3. The maximum atomic E-state index is 5.67. The van der Waals surface area contributed by atoms with Crippen molar-refractivity contribution in [2.45, 2.75) is 20.8 Å². The van der Waals surface area contributed by atoms with Crippen molar-refractivity contribution in [3.63, 3.8) is 0 Å². The monoisotopic (exact) mass is 255 g/mol. The van der Waals surface area contributed by atoms with E-state index in [0.717, 1.165) is 12.3 Å². The van der Waals surface area contributed by atoms with Crippen LogP contribution in [0.15, 0.2) is 42.5 Å². The Bertz CT molecular complexity index is 511. The minimum Gasteiger partial charge on any atom is -0.492 e. The molecule has 0 unspecified atom stereocenters. The summed E-state index contributed by atoms with van der Waals surface area (Å²) in [5.74, 6) is 0.918. The van der Waals surface area contributed by atoms with E-state index < -0.39 is 0 Å². The predicted octanol–water partition coefficient (Wildman–Crippen LogP) is 4.10. The highest BCUT2D eigenvalue weighted by atomic mass is 16.5. The average Bonchev–Trinajstić information content (AvgIpc) is 2.38. The Hall–Kier alpha value is -1.96. The van der Waals surface area contributed by atoms with Crippen LogP contribution >= 0.6 is 0 Å². The van der Waals surface area contributed by atoms with Crippen LogP contribution in [0.5, 0.6) is 5.75 Å². The fraction of sp³-hybridized carbons (Fsp3) is 0.294.